The van der Waals surface area contributed by atoms with Gasteiger partial charge in [0.1, 0.15) is 24.1 Å². The molecular weight excluding hydrogens is 504 g/mol. The third-order valence-electron chi connectivity index (χ3n) is 7.05. The molecule has 2 unspecified atom stereocenters. The maximum Gasteiger partial charge on any atom is 0.266 e. The molecule has 33 heavy (non-hydrogen) atoms. The summed E-state index contributed by atoms with van der Waals surface area (Å²) < 4.78 is 57.0. The van der Waals surface area contributed by atoms with E-state index in [0.29, 0.717) is 41.5 Å². The van der Waals surface area contributed by atoms with Gasteiger partial charge in [0.2, 0.25) is 0 Å². The topological polar surface area (TPSA) is 59.8 Å². The number of alkyl halides is 4. The number of anilines is 1. The van der Waals surface area contributed by atoms with Crippen molar-refractivity contribution in [3.8, 4) is 0 Å². The summed E-state index contributed by atoms with van der Waals surface area (Å²) in [5.41, 5.74) is -0.506. The molecule has 0 saturated heterocycles. The first kappa shape index (κ1) is 22.3. The summed E-state index contributed by atoms with van der Waals surface area (Å²) >= 11 is 3.33. The van der Waals surface area contributed by atoms with E-state index in [2.05, 4.69) is 31.2 Å². The molecule has 6 rings (SSSR count). The van der Waals surface area contributed by atoms with E-state index in [-0.39, 0.29) is 22.4 Å². The predicted octanol–water partition coefficient (Wildman–Crippen LogP) is 5.57. The van der Waals surface area contributed by atoms with Gasteiger partial charge in [0, 0.05) is 29.1 Å². The van der Waals surface area contributed by atoms with Crippen molar-refractivity contribution in [1.29, 1.82) is 0 Å². The Kier molecular flexibility index (Phi) is 5.46. The van der Waals surface area contributed by atoms with Crippen LogP contribution in [0.2, 0.25) is 0 Å². The molecule has 1 N–H and O–H groups in total. The van der Waals surface area contributed by atoms with Crippen LogP contribution in [0.4, 0.5) is 23.4 Å². The highest BCUT2D eigenvalue weighted by molar-refractivity contribution is 9.09. The lowest BCUT2D eigenvalue weighted by atomic mass is 9.76. The SMILES string of the molecule is Cc1c(=O)n(C23CC(F)C(C2)C3)cc2c(NC(CBr)c3cccc(C(F)F)c3F)ncnc12. The van der Waals surface area contributed by atoms with Crippen molar-refractivity contribution in [3.63, 3.8) is 0 Å². The predicted molar refractivity (Wildman–Crippen MR) is 120 cm³/mol. The highest BCUT2D eigenvalue weighted by Gasteiger charge is 2.58. The number of nitrogens with zero attached hydrogens (tertiary/aromatic N) is 3. The molecule has 3 fully saturated rings. The molecule has 2 aromatic heterocycles. The minimum atomic E-state index is -2.94. The molecule has 174 valence electrons. The van der Waals surface area contributed by atoms with Crippen LogP contribution in [0.5, 0.6) is 0 Å². The summed E-state index contributed by atoms with van der Waals surface area (Å²) in [7, 11) is 0. The largest absolute Gasteiger partial charge is 0.362 e. The molecule has 3 aliphatic rings. The van der Waals surface area contributed by atoms with Crippen molar-refractivity contribution in [2.75, 3.05) is 10.6 Å². The van der Waals surface area contributed by atoms with Gasteiger partial charge in [-0.2, -0.15) is 0 Å². The van der Waals surface area contributed by atoms with Gasteiger partial charge in [0.15, 0.2) is 0 Å². The Morgan fingerprint density at radius 3 is 2.61 bits per heavy atom. The zero-order chi connectivity index (χ0) is 23.5. The molecule has 0 spiro atoms. The molecule has 3 aromatic rings. The van der Waals surface area contributed by atoms with Gasteiger partial charge in [0.05, 0.1) is 28.0 Å². The summed E-state index contributed by atoms with van der Waals surface area (Å²) in [6, 6.07) is 3.17. The Hall–Kier alpha value is -2.49. The van der Waals surface area contributed by atoms with E-state index in [1.165, 1.54) is 18.5 Å². The van der Waals surface area contributed by atoms with Gasteiger partial charge in [-0.25, -0.2) is 27.5 Å². The molecule has 2 heterocycles. The highest BCUT2D eigenvalue weighted by Crippen LogP contribution is 2.57. The molecule has 10 heteroatoms. The van der Waals surface area contributed by atoms with E-state index in [1.807, 2.05) is 0 Å². The Labute approximate surface area is 195 Å². The minimum Gasteiger partial charge on any atom is -0.362 e. The smallest absolute Gasteiger partial charge is 0.266 e. The Morgan fingerprint density at radius 1 is 1.24 bits per heavy atom. The standard InChI is InChI=1S/C23H21BrF4N4O/c1-11-19-15(9-32(22(11)33)23-5-12(6-23)16(25)7-23)21(30-10-29-19)31-17(8-24)13-3-2-4-14(18(13)26)20(27)28/h2-4,9-10,12,16-17,20H,5-8H2,1H3,(H,29,30,31). The quantitative estimate of drug-likeness (QED) is 0.338. The molecule has 3 saturated carbocycles. The summed E-state index contributed by atoms with van der Waals surface area (Å²) in [5, 5.41) is 3.87. The van der Waals surface area contributed by atoms with Gasteiger partial charge in [0.25, 0.3) is 12.0 Å². The average Bonchev–Trinajstić information content (AvgIpc) is 3.27. The zero-order valence-corrected chi connectivity index (χ0v) is 19.3. The number of halogens is 5. The van der Waals surface area contributed by atoms with Crippen LogP contribution in [0.1, 0.15) is 48.4 Å². The first-order valence-corrected chi connectivity index (χ1v) is 11.8. The highest BCUT2D eigenvalue weighted by atomic mass is 79.9. The van der Waals surface area contributed by atoms with Crippen LogP contribution >= 0.6 is 15.9 Å². The summed E-state index contributed by atoms with van der Waals surface area (Å²) in [4.78, 5) is 21.6. The van der Waals surface area contributed by atoms with Gasteiger partial charge in [-0.3, -0.25) is 4.79 Å². The second-order valence-electron chi connectivity index (χ2n) is 8.93. The lowest BCUT2D eigenvalue weighted by molar-refractivity contribution is 0.136. The average molecular weight is 525 g/mol. The van der Waals surface area contributed by atoms with Gasteiger partial charge < -0.3 is 9.88 Å². The molecule has 2 bridgehead atoms. The van der Waals surface area contributed by atoms with E-state index >= 15 is 0 Å². The van der Waals surface area contributed by atoms with Crippen molar-refractivity contribution in [2.24, 2.45) is 5.92 Å². The summed E-state index contributed by atoms with van der Waals surface area (Å²) in [6.45, 7) is 1.67. The molecular formula is C23H21BrF4N4O. The van der Waals surface area contributed by atoms with Crippen LogP contribution < -0.4 is 10.9 Å². The lowest BCUT2D eigenvalue weighted by Gasteiger charge is -2.40. The molecule has 1 aromatic carbocycles. The van der Waals surface area contributed by atoms with E-state index in [9.17, 15) is 22.4 Å². The van der Waals surface area contributed by atoms with Crippen LogP contribution in [0.25, 0.3) is 10.9 Å². The van der Waals surface area contributed by atoms with Crippen molar-refractivity contribution < 1.29 is 17.6 Å². The van der Waals surface area contributed by atoms with E-state index < -0.39 is 35.6 Å². The minimum absolute atomic E-state index is 0.0135. The summed E-state index contributed by atoms with van der Waals surface area (Å²) in [6.07, 6.45) is 0.627. The van der Waals surface area contributed by atoms with Gasteiger partial charge >= 0.3 is 0 Å². The van der Waals surface area contributed by atoms with Crippen LogP contribution in [-0.2, 0) is 5.54 Å². The van der Waals surface area contributed by atoms with Crippen molar-refractivity contribution in [2.45, 2.75) is 50.4 Å². The Bertz CT molecular complexity index is 1290. The normalized spacial score (nSPS) is 24.8. The number of fused-ring (bicyclic) bond motifs is 2. The number of aromatic nitrogens is 3. The van der Waals surface area contributed by atoms with Crippen molar-refractivity contribution in [1.82, 2.24) is 14.5 Å². The second-order valence-corrected chi connectivity index (χ2v) is 9.58. The van der Waals surface area contributed by atoms with Crippen LogP contribution in [0, 0.1) is 18.7 Å². The van der Waals surface area contributed by atoms with Gasteiger partial charge in [-0.15, -0.1) is 0 Å². The number of nitrogens with one attached hydrogen (secondary N) is 1. The van der Waals surface area contributed by atoms with E-state index in [0.717, 1.165) is 6.07 Å². The van der Waals surface area contributed by atoms with Crippen LogP contribution in [0.3, 0.4) is 0 Å². The number of pyridine rings is 1. The molecule has 5 nitrogen and oxygen atoms in total. The maximum atomic E-state index is 14.8. The van der Waals surface area contributed by atoms with Gasteiger partial charge in [-0.05, 0) is 25.7 Å². The fraction of sp³-hybridized carbons (Fsp3) is 0.435. The fourth-order valence-electron chi connectivity index (χ4n) is 5.29. The molecule has 2 atom stereocenters. The third kappa shape index (κ3) is 3.45. The Morgan fingerprint density at radius 2 is 1.97 bits per heavy atom. The number of hydrogen-bond acceptors (Lipinski definition) is 4. The van der Waals surface area contributed by atoms with Crippen molar-refractivity contribution in [3.05, 3.63) is 63.6 Å². The second kappa shape index (κ2) is 8.07. The van der Waals surface area contributed by atoms with Crippen LogP contribution in [0.15, 0.2) is 35.5 Å². The summed E-state index contributed by atoms with van der Waals surface area (Å²) in [5.74, 6) is -0.652. The maximum absolute atomic E-state index is 14.8. The number of aryl methyl sites for hydroxylation is 1. The number of hydrogen-bond donors (Lipinski definition) is 1. The van der Waals surface area contributed by atoms with E-state index in [4.69, 9.17) is 0 Å². The monoisotopic (exact) mass is 524 g/mol. The van der Waals surface area contributed by atoms with E-state index in [1.54, 1.807) is 17.7 Å². The molecule has 0 amide bonds. The third-order valence-corrected chi connectivity index (χ3v) is 7.70. The Balaban J connectivity index is 1.59. The number of rotatable bonds is 6. The first-order valence-electron chi connectivity index (χ1n) is 10.7. The van der Waals surface area contributed by atoms with Crippen molar-refractivity contribution >= 4 is 32.7 Å². The molecule has 0 radical (unpaired) electrons. The zero-order valence-electron chi connectivity index (χ0n) is 17.7. The van der Waals surface area contributed by atoms with Gasteiger partial charge in [-0.1, -0.05) is 34.1 Å². The molecule has 3 aliphatic carbocycles. The molecule has 0 aliphatic heterocycles. The van der Waals surface area contributed by atoms with Crippen LogP contribution in [-0.4, -0.2) is 26.0 Å². The fourth-order valence-corrected chi connectivity index (χ4v) is 5.80. The first-order chi connectivity index (χ1) is 15.8. The lowest BCUT2D eigenvalue weighted by Crippen LogP contribution is -2.45. The number of benzene rings is 1.